The van der Waals surface area contributed by atoms with Crippen LogP contribution in [-0.4, -0.2) is 16.6 Å². The molecule has 0 aliphatic rings. The largest absolute Gasteiger partial charge is 0.301 e. The number of carbonyl (C=O) groups is 1. The Bertz CT molecular complexity index is 571. The van der Waals surface area contributed by atoms with Crippen LogP contribution in [0.25, 0.3) is 0 Å². The van der Waals surface area contributed by atoms with Crippen molar-refractivity contribution in [3.05, 3.63) is 45.9 Å². The number of thioether (sulfide) groups is 1. The number of benzene rings is 1. The standard InChI is InChI=1S/C13H13ClN2OS2/c1-9-6-19-13(15-9)16-12(17)8-18-7-10-3-2-4-11(14)5-10/h2-6H,7-8H2,1H3,(H,15,16,17). The highest BCUT2D eigenvalue weighted by Crippen LogP contribution is 2.18. The molecule has 1 N–H and O–H groups in total. The van der Waals surface area contributed by atoms with Gasteiger partial charge in [0.25, 0.3) is 0 Å². The Morgan fingerprint density at radius 2 is 2.37 bits per heavy atom. The Kier molecular flexibility index (Phi) is 5.24. The number of anilines is 1. The van der Waals surface area contributed by atoms with E-state index < -0.39 is 0 Å². The molecule has 0 spiro atoms. The number of nitrogens with one attached hydrogen (secondary N) is 1. The van der Waals surface area contributed by atoms with Crippen LogP contribution in [-0.2, 0) is 10.5 Å². The maximum atomic E-state index is 11.7. The maximum absolute atomic E-state index is 11.7. The quantitative estimate of drug-likeness (QED) is 0.908. The first-order valence-corrected chi connectivity index (χ1v) is 8.09. The molecule has 0 fully saturated rings. The van der Waals surface area contributed by atoms with Gasteiger partial charge in [-0.05, 0) is 24.6 Å². The van der Waals surface area contributed by atoms with Gasteiger partial charge in [-0.2, -0.15) is 0 Å². The molecule has 0 unspecified atom stereocenters. The molecule has 6 heteroatoms. The van der Waals surface area contributed by atoms with Crippen molar-refractivity contribution in [3.63, 3.8) is 0 Å². The van der Waals surface area contributed by atoms with Gasteiger partial charge in [-0.3, -0.25) is 4.79 Å². The topological polar surface area (TPSA) is 42.0 Å². The Hall–Kier alpha value is -1.04. The predicted molar refractivity (Wildman–Crippen MR) is 83.1 cm³/mol. The molecule has 1 aromatic carbocycles. The highest BCUT2D eigenvalue weighted by molar-refractivity contribution is 7.99. The van der Waals surface area contributed by atoms with E-state index in [4.69, 9.17) is 11.6 Å². The van der Waals surface area contributed by atoms with E-state index in [1.807, 2.05) is 36.6 Å². The van der Waals surface area contributed by atoms with E-state index in [-0.39, 0.29) is 5.91 Å². The second kappa shape index (κ2) is 6.93. The number of halogens is 1. The SMILES string of the molecule is Cc1csc(NC(=O)CSCc2cccc(Cl)c2)n1. The zero-order chi connectivity index (χ0) is 13.7. The molecule has 0 atom stereocenters. The van der Waals surface area contributed by atoms with E-state index in [0.717, 1.165) is 22.0 Å². The van der Waals surface area contributed by atoms with E-state index in [2.05, 4.69) is 10.3 Å². The van der Waals surface area contributed by atoms with Crippen LogP contribution in [0.4, 0.5) is 5.13 Å². The van der Waals surface area contributed by atoms with E-state index >= 15 is 0 Å². The normalized spacial score (nSPS) is 10.4. The van der Waals surface area contributed by atoms with Crippen LogP contribution in [0.2, 0.25) is 5.02 Å². The van der Waals surface area contributed by atoms with Gasteiger partial charge in [0.15, 0.2) is 5.13 Å². The predicted octanol–water partition coefficient (Wildman–Crippen LogP) is 3.98. The third-order valence-corrected chi connectivity index (χ3v) is 4.37. The highest BCUT2D eigenvalue weighted by atomic mass is 35.5. The lowest BCUT2D eigenvalue weighted by molar-refractivity contribution is -0.113. The lowest BCUT2D eigenvalue weighted by Gasteiger charge is -2.03. The van der Waals surface area contributed by atoms with Crippen LogP contribution >= 0.6 is 34.7 Å². The Morgan fingerprint density at radius 3 is 3.05 bits per heavy atom. The van der Waals surface area contributed by atoms with Crippen LogP contribution in [0, 0.1) is 6.92 Å². The van der Waals surface area contributed by atoms with Crippen molar-refractivity contribution in [3.8, 4) is 0 Å². The molecule has 0 saturated heterocycles. The molecule has 1 aromatic heterocycles. The molecular weight excluding hydrogens is 300 g/mol. The van der Waals surface area contributed by atoms with Crippen LogP contribution < -0.4 is 5.32 Å². The minimum absolute atomic E-state index is 0.0265. The van der Waals surface area contributed by atoms with Gasteiger partial charge in [-0.1, -0.05) is 23.7 Å². The lowest BCUT2D eigenvalue weighted by Crippen LogP contribution is -2.13. The maximum Gasteiger partial charge on any atom is 0.236 e. The highest BCUT2D eigenvalue weighted by Gasteiger charge is 2.05. The minimum atomic E-state index is -0.0265. The number of aromatic nitrogens is 1. The van der Waals surface area contributed by atoms with Crippen molar-refractivity contribution in [2.24, 2.45) is 0 Å². The molecule has 0 radical (unpaired) electrons. The second-order valence-corrected chi connectivity index (χ2v) is 6.25. The molecule has 1 heterocycles. The van der Waals surface area contributed by atoms with Gasteiger partial charge in [-0.15, -0.1) is 23.1 Å². The number of hydrogen-bond acceptors (Lipinski definition) is 4. The van der Waals surface area contributed by atoms with Gasteiger partial charge in [0, 0.05) is 16.2 Å². The summed E-state index contributed by atoms with van der Waals surface area (Å²) in [5.74, 6) is 1.15. The van der Waals surface area contributed by atoms with Crippen molar-refractivity contribution in [1.82, 2.24) is 4.98 Å². The van der Waals surface area contributed by atoms with Gasteiger partial charge >= 0.3 is 0 Å². The van der Waals surface area contributed by atoms with Gasteiger partial charge < -0.3 is 5.32 Å². The number of hydrogen-bond donors (Lipinski definition) is 1. The number of thiazole rings is 1. The first-order chi connectivity index (χ1) is 9.13. The summed E-state index contributed by atoms with van der Waals surface area (Å²) in [5.41, 5.74) is 2.04. The number of amides is 1. The third-order valence-electron chi connectivity index (χ3n) is 2.26. The average molecular weight is 313 g/mol. The third kappa shape index (κ3) is 4.86. The van der Waals surface area contributed by atoms with Crippen molar-refractivity contribution in [1.29, 1.82) is 0 Å². The summed E-state index contributed by atoms with van der Waals surface area (Å²) in [5, 5.41) is 6.07. The molecule has 100 valence electrons. The van der Waals surface area contributed by atoms with Crippen molar-refractivity contribution in [2.45, 2.75) is 12.7 Å². The molecule has 2 aromatic rings. The number of rotatable bonds is 5. The van der Waals surface area contributed by atoms with Crippen LogP contribution in [0.5, 0.6) is 0 Å². The summed E-state index contributed by atoms with van der Waals surface area (Å²) < 4.78 is 0. The molecule has 0 bridgehead atoms. The molecule has 19 heavy (non-hydrogen) atoms. The summed E-state index contributed by atoms with van der Waals surface area (Å²) in [6.07, 6.45) is 0. The molecule has 3 nitrogen and oxygen atoms in total. The Labute approximate surface area is 125 Å². The zero-order valence-electron chi connectivity index (χ0n) is 10.4. The minimum Gasteiger partial charge on any atom is -0.301 e. The van der Waals surface area contributed by atoms with Crippen molar-refractivity contribution < 1.29 is 4.79 Å². The number of aryl methyl sites for hydroxylation is 1. The molecular formula is C13H13ClN2OS2. The van der Waals surface area contributed by atoms with Crippen LogP contribution in [0.3, 0.4) is 0 Å². The van der Waals surface area contributed by atoms with E-state index in [1.54, 1.807) is 11.8 Å². The fourth-order valence-electron chi connectivity index (χ4n) is 1.46. The summed E-state index contributed by atoms with van der Waals surface area (Å²) >= 11 is 8.90. The molecule has 0 aliphatic carbocycles. The summed E-state index contributed by atoms with van der Waals surface area (Å²) in [6.45, 7) is 1.90. The molecule has 1 amide bonds. The number of carbonyl (C=O) groups excluding carboxylic acids is 1. The van der Waals surface area contributed by atoms with Gasteiger partial charge in [0.2, 0.25) is 5.91 Å². The monoisotopic (exact) mass is 312 g/mol. The van der Waals surface area contributed by atoms with E-state index in [0.29, 0.717) is 10.9 Å². The molecule has 2 rings (SSSR count). The first kappa shape index (κ1) is 14.4. The lowest BCUT2D eigenvalue weighted by atomic mass is 10.2. The van der Waals surface area contributed by atoms with Crippen molar-refractivity contribution in [2.75, 3.05) is 11.1 Å². The summed E-state index contributed by atoms with van der Waals surface area (Å²) in [4.78, 5) is 15.9. The second-order valence-electron chi connectivity index (χ2n) is 3.96. The van der Waals surface area contributed by atoms with Crippen LogP contribution in [0.1, 0.15) is 11.3 Å². The van der Waals surface area contributed by atoms with Gasteiger partial charge in [0.1, 0.15) is 0 Å². The average Bonchev–Trinajstić information content (AvgIpc) is 2.75. The van der Waals surface area contributed by atoms with Crippen LogP contribution in [0.15, 0.2) is 29.6 Å². The van der Waals surface area contributed by atoms with E-state index in [1.165, 1.54) is 11.3 Å². The first-order valence-electron chi connectivity index (χ1n) is 5.67. The van der Waals surface area contributed by atoms with Crippen molar-refractivity contribution >= 4 is 45.7 Å². The molecule has 0 saturated carbocycles. The smallest absolute Gasteiger partial charge is 0.236 e. The summed E-state index contributed by atoms with van der Waals surface area (Å²) in [6, 6.07) is 7.67. The fourth-order valence-corrected chi connectivity index (χ4v) is 3.15. The Morgan fingerprint density at radius 1 is 1.53 bits per heavy atom. The fraction of sp³-hybridized carbons (Fsp3) is 0.231. The zero-order valence-corrected chi connectivity index (χ0v) is 12.7. The summed E-state index contributed by atoms with van der Waals surface area (Å²) in [7, 11) is 0. The van der Waals surface area contributed by atoms with Gasteiger partial charge in [0.05, 0.1) is 11.4 Å². The van der Waals surface area contributed by atoms with Gasteiger partial charge in [-0.25, -0.2) is 4.98 Å². The number of nitrogens with zero attached hydrogens (tertiary/aromatic N) is 1. The molecule has 0 aliphatic heterocycles. The Balaban J connectivity index is 1.75. The van der Waals surface area contributed by atoms with E-state index in [9.17, 15) is 4.79 Å².